The Kier molecular flexibility index (Phi) is 59.9. The number of carbonyl (C=O) groups excluding carboxylic acids is 7. The maximum Gasteiger partial charge on any atom is 0.316 e. The molecule has 0 unspecified atom stereocenters. The van der Waals surface area contributed by atoms with Gasteiger partial charge in [0.1, 0.15) is 59.7 Å². The normalized spacial score (nSPS) is 11.5. The first-order valence-electron chi connectivity index (χ1n) is 19.5. The van der Waals surface area contributed by atoms with E-state index in [1.807, 2.05) is 0 Å². The molecule has 0 rings (SSSR count). The Morgan fingerprint density at radius 2 is 0.515 bits per heavy atom. The van der Waals surface area contributed by atoms with Crippen molar-refractivity contribution in [3.05, 3.63) is 0 Å². The number of rotatable bonds is 31. The molecule has 0 aromatic carbocycles. The second kappa shape index (κ2) is 44.0. The van der Waals surface area contributed by atoms with Gasteiger partial charge in [-0.2, -0.15) is 0 Å². The summed E-state index contributed by atoms with van der Waals surface area (Å²) in [5, 5.41) is 77.3. The number of ketones is 2. The minimum Gasteiger partial charge on any atom is -0.465 e. The van der Waals surface area contributed by atoms with E-state index < -0.39 is 171 Å². The van der Waals surface area contributed by atoms with Crippen molar-refractivity contribution >= 4 is 41.4 Å². The summed E-state index contributed by atoms with van der Waals surface area (Å²) in [4.78, 5) is 93.0. The van der Waals surface area contributed by atoms with Gasteiger partial charge in [0.15, 0.2) is 0 Å². The van der Waals surface area contributed by atoms with Gasteiger partial charge in [0.25, 0.3) is 0 Å². The van der Waals surface area contributed by atoms with Crippen LogP contribution < -0.4 is 0 Å². The zero-order valence-corrected chi connectivity index (χ0v) is 63.5. The maximum absolute atomic E-state index is 14.0. The van der Waals surface area contributed by atoms with Gasteiger partial charge in [-0.15, -0.1) is 0 Å². The number of esters is 5. The number of ether oxygens (including phenoxy) is 5. The number of hydrogen-bond donors (Lipinski definition) is 8. The summed E-state index contributed by atoms with van der Waals surface area (Å²) in [6, 6.07) is 0. The van der Waals surface area contributed by atoms with Gasteiger partial charge < -0.3 is 64.5 Å². The first-order valence-corrected chi connectivity index (χ1v) is 19.5. The van der Waals surface area contributed by atoms with E-state index in [-0.39, 0.29) is 281 Å². The van der Waals surface area contributed by atoms with Gasteiger partial charge in [-0.3, -0.25) is 33.6 Å². The summed E-state index contributed by atoms with van der Waals surface area (Å²) in [7, 11) is 0. The van der Waals surface area contributed by atoms with Crippen molar-refractivity contribution in [2.75, 3.05) is 85.9 Å². The van der Waals surface area contributed by atoms with Gasteiger partial charge in [-0.25, -0.2) is 0 Å². The van der Waals surface area contributed by atoms with Crippen molar-refractivity contribution in [3.8, 4) is 0 Å². The van der Waals surface area contributed by atoms with E-state index in [9.17, 15) is 74.4 Å². The summed E-state index contributed by atoms with van der Waals surface area (Å²) in [6.07, 6.45) is -1.13. The number of hydrogen-bond acceptors (Lipinski definition) is 20. The average Bonchev–Trinajstić information content (AvgIpc) is 3.26. The van der Waals surface area contributed by atoms with Crippen LogP contribution in [0, 0.1) is 37.9 Å². The van der Waals surface area contributed by atoms with Crippen molar-refractivity contribution in [1.29, 1.82) is 0 Å². The number of aliphatic hydroxyl groups is 8. The Labute approximate surface area is 601 Å². The molecule has 0 aromatic rings. The summed E-state index contributed by atoms with van der Waals surface area (Å²) >= 11 is 0. The number of aliphatic hydroxyl groups excluding tert-OH is 8. The van der Waals surface area contributed by atoms with Gasteiger partial charge in [-0.1, -0.05) is 6.92 Å². The summed E-state index contributed by atoms with van der Waals surface area (Å²) < 4.78 is 26.7. The molecule has 0 aromatic heterocycles. The van der Waals surface area contributed by atoms with E-state index in [0.29, 0.717) is 6.42 Å². The van der Waals surface area contributed by atoms with Crippen molar-refractivity contribution in [3.63, 3.8) is 0 Å². The standard InChI is InChI=1S/C40H68O20.8Y/c1-9-14-56-29(51)34(2,12-10-27(49)39(7,23-57-30(52)35(3,15-41)16-42)24-58-31(53)36(4,17-43)18-44)13-11-28(50)40(8,25-59-32(54)37(5,19-45)20-46)26-60-33(55)38(6,21-47)22-48;;;;;;;;/h41-48H,9-26H2,1-8H3;;;;;;;;. The van der Waals surface area contributed by atoms with E-state index in [1.165, 1.54) is 48.5 Å². The third kappa shape index (κ3) is 28.4. The van der Waals surface area contributed by atoms with E-state index in [1.54, 1.807) is 6.92 Å². The zero-order chi connectivity index (χ0) is 46.8. The summed E-state index contributed by atoms with van der Waals surface area (Å²) in [5.41, 5.74) is -12.3. The molecule has 0 aliphatic rings. The second-order valence-corrected chi connectivity index (χ2v) is 17.5. The fraction of sp³-hybridized carbons (Fsp3) is 0.825. The number of carbonyl (C=O) groups is 7. The minimum atomic E-state index is -1.84. The fourth-order valence-corrected chi connectivity index (χ4v) is 4.80. The van der Waals surface area contributed by atoms with Crippen LogP contribution >= 0.6 is 0 Å². The van der Waals surface area contributed by atoms with Crippen LogP contribution in [0.15, 0.2) is 0 Å². The third-order valence-corrected chi connectivity index (χ3v) is 10.9. The average molecular weight is 1580 g/mol. The van der Waals surface area contributed by atoms with Crippen molar-refractivity contribution in [2.24, 2.45) is 37.9 Å². The molecule has 0 atom stereocenters. The van der Waals surface area contributed by atoms with Gasteiger partial charge in [0.05, 0.1) is 75.7 Å². The zero-order valence-electron chi connectivity index (χ0n) is 40.8. The van der Waals surface area contributed by atoms with Crippen LogP contribution in [0.25, 0.3) is 0 Å². The topological polar surface area (TPSA) is 327 Å². The van der Waals surface area contributed by atoms with Gasteiger partial charge in [-0.05, 0) is 67.7 Å². The quantitative estimate of drug-likeness (QED) is 0.0298. The molecule has 0 aliphatic carbocycles. The fourth-order valence-electron chi connectivity index (χ4n) is 4.80. The van der Waals surface area contributed by atoms with Gasteiger partial charge in [0, 0.05) is 275 Å². The van der Waals surface area contributed by atoms with Crippen LogP contribution in [0.4, 0.5) is 0 Å². The van der Waals surface area contributed by atoms with Crippen LogP contribution in [0.1, 0.15) is 87.5 Å². The predicted octanol–water partition coefficient (Wildman–Crippen LogP) is -1.23. The maximum atomic E-state index is 14.0. The Morgan fingerprint density at radius 1 is 0.324 bits per heavy atom. The van der Waals surface area contributed by atoms with Crippen LogP contribution in [-0.4, -0.2) is 168 Å². The molecule has 0 spiro atoms. The Morgan fingerprint density at radius 3 is 0.691 bits per heavy atom. The van der Waals surface area contributed by atoms with E-state index in [4.69, 9.17) is 23.7 Å². The van der Waals surface area contributed by atoms with Gasteiger partial charge >= 0.3 is 29.8 Å². The Hall–Kier alpha value is 5.20. The summed E-state index contributed by atoms with van der Waals surface area (Å²) in [5.74, 6) is -6.60. The van der Waals surface area contributed by atoms with Gasteiger partial charge in [0.2, 0.25) is 0 Å². The van der Waals surface area contributed by atoms with Crippen LogP contribution in [0.2, 0.25) is 0 Å². The van der Waals surface area contributed by atoms with Crippen molar-refractivity contribution in [2.45, 2.75) is 87.5 Å². The molecule has 0 saturated heterocycles. The van der Waals surface area contributed by atoms with Crippen LogP contribution in [0.3, 0.4) is 0 Å². The molecule has 28 heteroatoms. The Balaban J connectivity index is -0.000000622. The van der Waals surface area contributed by atoms with E-state index in [0.717, 1.165) is 0 Å². The molecule has 372 valence electrons. The van der Waals surface area contributed by atoms with E-state index in [2.05, 4.69) is 0 Å². The molecular formula is C40H68O20Y8. The molecule has 0 heterocycles. The third-order valence-electron chi connectivity index (χ3n) is 10.9. The van der Waals surface area contributed by atoms with Crippen LogP contribution in [-0.2, 0) is 319 Å². The molecule has 8 radical (unpaired) electrons. The number of Topliss-reactive ketones (excluding diaryl/α,β-unsaturated/α-hetero) is 2. The molecule has 0 amide bonds. The van der Waals surface area contributed by atoms with Crippen LogP contribution in [0.5, 0.6) is 0 Å². The SMILES string of the molecule is CCCOC(=O)C(C)(CCC(=O)C(C)(COC(=O)C(C)(CO)CO)COC(=O)C(C)(CO)CO)CCC(=O)C(C)(COC(=O)C(C)(CO)CO)COC(=O)C(C)(CO)CO.[Y].[Y].[Y].[Y].[Y].[Y].[Y].[Y]. The molecule has 0 saturated carbocycles. The molecule has 0 fully saturated rings. The predicted molar refractivity (Wildman–Crippen MR) is 207 cm³/mol. The first-order chi connectivity index (χ1) is 27.7. The molecule has 68 heavy (non-hydrogen) atoms. The molecular weight excluding hydrogens is 1510 g/mol. The van der Waals surface area contributed by atoms with Crippen molar-refractivity contribution < 1.29 is 360 Å². The molecule has 8 N–H and O–H groups in total. The van der Waals surface area contributed by atoms with E-state index >= 15 is 0 Å². The van der Waals surface area contributed by atoms with Crippen molar-refractivity contribution in [1.82, 2.24) is 0 Å². The minimum absolute atomic E-state index is 0. The Bertz CT molecular complexity index is 1310. The monoisotopic (exact) mass is 1580 g/mol. The first kappa shape index (κ1) is 92.6. The molecule has 0 aliphatic heterocycles. The smallest absolute Gasteiger partial charge is 0.316 e. The summed E-state index contributed by atoms with van der Waals surface area (Å²) in [6.45, 7) is 0.998. The molecule has 0 bridgehead atoms. The second-order valence-electron chi connectivity index (χ2n) is 17.5. The largest absolute Gasteiger partial charge is 0.465 e. The molecule has 20 nitrogen and oxygen atoms in total.